The number of rotatable bonds is 3. The standard InChI is InChI=1S/C25H27ClN2O7/c26-20-12(10-28-4-2-1-3-5-28)8-15(29)18-14(20)7-11-6-13-9-16(30)19(24(27)34)23(33)25(13,35)22(32)17(11)21(18)31/h8,11,13,29,31,33,35H,1-7,9-10H2,(H2,27,34)/t11-,13+,25+/m1/s1. The van der Waals surface area contributed by atoms with E-state index < -0.39 is 52.0 Å². The Morgan fingerprint density at radius 3 is 2.49 bits per heavy atom. The smallest absolute Gasteiger partial charge is 0.255 e. The number of fused-ring (bicyclic) bond motifs is 3. The van der Waals surface area contributed by atoms with Gasteiger partial charge in [0, 0.05) is 29.5 Å². The molecule has 1 saturated carbocycles. The van der Waals surface area contributed by atoms with Crippen molar-refractivity contribution in [3.05, 3.63) is 44.7 Å². The Morgan fingerprint density at radius 1 is 1.14 bits per heavy atom. The number of halogens is 1. The zero-order chi connectivity index (χ0) is 25.2. The molecule has 0 radical (unpaired) electrons. The first-order chi connectivity index (χ1) is 16.6. The molecule has 0 aromatic heterocycles. The van der Waals surface area contributed by atoms with E-state index in [0.717, 1.165) is 31.5 Å². The summed E-state index contributed by atoms with van der Waals surface area (Å²) >= 11 is 6.76. The van der Waals surface area contributed by atoms with E-state index in [4.69, 9.17) is 17.3 Å². The lowest BCUT2D eigenvalue weighted by atomic mass is 9.59. The van der Waals surface area contributed by atoms with E-state index in [1.54, 1.807) is 0 Å². The van der Waals surface area contributed by atoms with Crippen LogP contribution in [0.3, 0.4) is 0 Å². The van der Waals surface area contributed by atoms with Crippen LogP contribution < -0.4 is 5.73 Å². The van der Waals surface area contributed by atoms with Gasteiger partial charge in [-0.2, -0.15) is 0 Å². The minimum Gasteiger partial charge on any atom is -0.508 e. The van der Waals surface area contributed by atoms with Gasteiger partial charge in [-0.3, -0.25) is 19.3 Å². The number of aliphatic hydroxyl groups excluding tert-OH is 2. The lowest BCUT2D eigenvalue weighted by molar-refractivity contribution is -0.147. The fourth-order valence-electron chi connectivity index (χ4n) is 6.20. The fourth-order valence-corrected chi connectivity index (χ4v) is 6.48. The summed E-state index contributed by atoms with van der Waals surface area (Å²) in [6.07, 6.45) is 3.29. The second kappa shape index (κ2) is 8.36. The van der Waals surface area contributed by atoms with Gasteiger partial charge in [0.15, 0.2) is 11.4 Å². The average Bonchev–Trinajstić information content (AvgIpc) is 2.80. The number of amides is 1. The predicted octanol–water partition coefficient (Wildman–Crippen LogP) is 2.06. The minimum atomic E-state index is -2.57. The maximum atomic E-state index is 13.5. The molecule has 9 nitrogen and oxygen atoms in total. The first-order valence-corrected chi connectivity index (χ1v) is 12.2. The van der Waals surface area contributed by atoms with Crippen LogP contribution in [0.2, 0.25) is 5.02 Å². The molecule has 1 saturated heterocycles. The Bertz CT molecular complexity index is 1230. The van der Waals surface area contributed by atoms with Crippen LogP contribution >= 0.6 is 11.6 Å². The normalized spacial score (nSPS) is 29.1. The zero-order valence-corrected chi connectivity index (χ0v) is 19.8. The highest BCUT2D eigenvalue weighted by Gasteiger charge is 2.60. The Morgan fingerprint density at radius 2 is 1.83 bits per heavy atom. The number of phenols is 1. The molecule has 3 atom stereocenters. The fraction of sp³-hybridized carbons (Fsp3) is 0.480. The van der Waals surface area contributed by atoms with E-state index in [-0.39, 0.29) is 36.1 Å². The third-order valence-electron chi connectivity index (χ3n) is 7.91. The van der Waals surface area contributed by atoms with Crippen LogP contribution in [-0.2, 0) is 27.3 Å². The number of nitrogens with two attached hydrogens (primary N) is 1. The second-order valence-electron chi connectivity index (χ2n) is 9.97. The summed E-state index contributed by atoms with van der Waals surface area (Å²) in [5, 5.41) is 44.2. The summed E-state index contributed by atoms with van der Waals surface area (Å²) in [6.45, 7) is 2.41. The Labute approximate surface area is 206 Å². The molecule has 4 aliphatic rings. The lowest BCUT2D eigenvalue weighted by Crippen LogP contribution is -2.58. The van der Waals surface area contributed by atoms with E-state index >= 15 is 0 Å². The summed E-state index contributed by atoms with van der Waals surface area (Å²) in [5.74, 6) is -6.45. The maximum absolute atomic E-state index is 13.5. The molecular weight excluding hydrogens is 476 g/mol. The maximum Gasteiger partial charge on any atom is 0.255 e. The van der Waals surface area contributed by atoms with Crippen molar-refractivity contribution in [1.82, 2.24) is 4.90 Å². The summed E-state index contributed by atoms with van der Waals surface area (Å²) in [5.41, 5.74) is 2.90. The minimum absolute atomic E-state index is 0.0181. The monoisotopic (exact) mass is 502 g/mol. The molecule has 1 aromatic carbocycles. The van der Waals surface area contributed by atoms with Crippen molar-refractivity contribution in [2.75, 3.05) is 13.1 Å². The molecule has 3 aliphatic carbocycles. The number of phenolic OH excluding ortho intramolecular Hbond substituents is 1. The van der Waals surface area contributed by atoms with Gasteiger partial charge in [0.05, 0.1) is 5.56 Å². The number of aliphatic hydroxyl groups is 3. The molecule has 1 amide bonds. The molecule has 35 heavy (non-hydrogen) atoms. The number of likely N-dealkylation sites (tertiary alicyclic amines) is 1. The molecule has 0 spiro atoms. The molecule has 6 N–H and O–H groups in total. The van der Waals surface area contributed by atoms with Crippen LogP contribution in [0.15, 0.2) is 23.0 Å². The third-order valence-corrected chi connectivity index (χ3v) is 8.39. The molecule has 5 rings (SSSR count). The van der Waals surface area contributed by atoms with Gasteiger partial charge < -0.3 is 26.2 Å². The largest absolute Gasteiger partial charge is 0.508 e. The van der Waals surface area contributed by atoms with Gasteiger partial charge in [-0.05, 0) is 61.9 Å². The van der Waals surface area contributed by atoms with Gasteiger partial charge in [-0.15, -0.1) is 0 Å². The number of piperidine rings is 1. The molecule has 2 fully saturated rings. The van der Waals surface area contributed by atoms with Crippen molar-refractivity contribution in [2.24, 2.45) is 17.6 Å². The van der Waals surface area contributed by atoms with Gasteiger partial charge in [0.25, 0.3) is 5.91 Å². The number of Topliss-reactive ketones (excluding diaryl/α,β-unsaturated/α-hetero) is 2. The number of carbonyl (C=O) groups excluding carboxylic acids is 3. The number of benzene rings is 1. The first kappa shape index (κ1) is 23.8. The SMILES string of the molecule is NC(=O)C1=C(O)[C@@]2(O)C(=O)C3=C(O)c4c(O)cc(CN5CCCCC5)c(Cl)c4C[C@H]3C[C@H]2CC1=O. The van der Waals surface area contributed by atoms with E-state index in [9.17, 15) is 34.8 Å². The van der Waals surface area contributed by atoms with E-state index in [2.05, 4.69) is 4.90 Å². The highest BCUT2D eigenvalue weighted by molar-refractivity contribution is 6.32. The number of carbonyl (C=O) groups is 3. The van der Waals surface area contributed by atoms with Crippen molar-refractivity contribution in [3.63, 3.8) is 0 Å². The second-order valence-corrected chi connectivity index (χ2v) is 10.3. The van der Waals surface area contributed by atoms with Gasteiger partial charge in [0.1, 0.15) is 22.8 Å². The predicted molar refractivity (Wildman–Crippen MR) is 126 cm³/mol. The number of hydrogen-bond acceptors (Lipinski definition) is 8. The van der Waals surface area contributed by atoms with Crippen LogP contribution in [0, 0.1) is 11.8 Å². The summed E-state index contributed by atoms with van der Waals surface area (Å²) in [4.78, 5) is 39.9. The zero-order valence-electron chi connectivity index (χ0n) is 19.0. The van der Waals surface area contributed by atoms with Crippen molar-refractivity contribution in [3.8, 4) is 5.75 Å². The number of hydrogen-bond donors (Lipinski definition) is 5. The molecule has 1 heterocycles. The molecule has 0 bridgehead atoms. The highest BCUT2D eigenvalue weighted by Crippen LogP contribution is 2.53. The molecule has 1 aliphatic heterocycles. The first-order valence-electron chi connectivity index (χ1n) is 11.8. The number of nitrogens with zero attached hydrogens (tertiary/aromatic N) is 1. The summed E-state index contributed by atoms with van der Waals surface area (Å²) < 4.78 is 0. The van der Waals surface area contributed by atoms with Crippen LogP contribution in [0.5, 0.6) is 5.75 Å². The van der Waals surface area contributed by atoms with E-state index in [1.165, 1.54) is 12.5 Å². The molecular formula is C25H27ClN2O7. The lowest BCUT2D eigenvalue weighted by Gasteiger charge is -2.46. The van der Waals surface area contributed by atoms with Crippen molar-refractivity contribution in [2.45, 2.75) is 50.7 Å². The molecule has 1 aromatic rings. The molecule has 186 valence electrons. The van der Waals surface area contributed by atoms with E-state index in [1.807, 2.05) is 0 Å². The van der Waals surface area contributed by atoms with Crippen LogP contribution in [0.1, 0.15) is 48.8 Å². The van der Waals surface area contributed by atoms with Gasteiger partial charge >= 0.3 is 0 Å². The topological polar surface area (TPSA) is 161 Å². The Kier molecular flexibility index (Phi) is 5.69. The average molecular weight is 503 g/mol. The van der Waals surface area contributed by atoms with Crippen LogP contribution in [0.4, 0.5) is 0 Å². The third kappa shape index (κ3) is 3.48. The highest BCUT2D eigenvalue weighted by atomic mass is 35.5. The van der Waals surface area contributed by atoms with Crippen LogP contribution in [0.25, 0.3) is 5.76 Å². The van der Waals surface area contributed by atoms with Crippen molar-refractivity contribution < 1.29 is 34.8 Å². The Balaban J connectivity index is 1.60. The van der Waals surface area contributed by atoms with Gasteiger partial charge in [-0.25, -0.2) is 0 Å². The quantitative estimate of drug-likeness (QED) is 0.392. The summed E-state index contributed by atoms with van der Waals surface area (Å²) in [7, 11) is 0. The van der Waals surface area contributed by atoms with Gasteiger partial charge in [0.2, 0.25) is 5.78 Å². The molecule has 10 heteroatoms. The number of primary amides is 1. The van der Waals surface area contributed by atoms with Crippen molar-refractivity contribution >= 4 is 34.8 Å². The van der Waals surface area contributed by atoms with Crippen molar-refractivity contribution in [1.29, 1.82) is 0 Å². The number of aromatic hydroxyl groups is 1. The number of ketones is 2. The van der Waals surface area contributed by atoms with E-state index in [0.29, 0.717) is 17.1 Å². The van der Waals surface area contributed by atoms with Gasteiger partial charge in [-0.1, -0.05) is 18.0 Å². The Hall–Kier alpha value is -2.88. The van der Waals surface area contributed by atoms with Crippen LogP contribution in [-0.4, -0.2) is 61.5 Å². The molecule has 0 unspecified atom stereocenters. The summed E-state index contributed by atoms with van der Waals surface area (Å²) in [6, 6.07) is 1.49.